The number of nitrogens with one attached hydrogen (secondary N) is 1. The van der Waals surface area contributed by atoms with E-state index in [1.165, 1.54) is 34.2 Å². The summed E-state index contributed by atoms with van der Waals surface area (Å²) in [6, 6.07) is 9.70. The second-order valence-electron chi connectivity index (χ2n) is 5.52. The summed E-state index contributed by atoms with van der Waals surface area (Å²) >= 11 is 19.4. The first-order valence-corrected chi connectivity index (χ1v) is 10.8. The molecule has 0 fully saturated rings. The molecule has 29 heavy (non-hydrogen) atoms. The molecule has 12 heteroatoms. The van der Waals surface area contributed by atoms with Crippen LogP contribution in [0.2, 0.25) is 10.0 Å². The van der Waals surface area contributed by atoms with Crippen molar-refractivity contribution < 1.29 is 18.0 Å². The lowest BCUT2D eigenvalue weighted by molar-refractivity contribution is -0.137. The van der Waals surface area contributed by atoms with E-state index >= 15 is 0 Å². The number of benzene rings is 2. The number of aromatic nitrogens is 2. The highest BCUT2D eigenvalue weighted by Crippen LogP contribution is 2.35. The molecule has 1 aromatic heterocycles. The van der Waals surface area contributed by atoms with Crippen molar-refractivity contribution in [1.82, 2.24) is 9.78 Å². The van der Waals surface area contributed by atoms with Gasteiger partial charge < -0.3 is 5.32 Å². The molecule has 0 radical (unpaired) electrons. The normalized spacial score (nSPS) is 11.5. The van der Waals surface area contributed by atoms with E-state index in [9.17, 15) is 18.0 Å². The largest absolute Gasteiger partial charge is 0.418 e. The third kappa shape index (κ3) is 5.52. The third-order valence-electron chi connectivity index (χ3n) is 3.51. The molecule has 0 atom stereocenters. The third-order valence-corrected chi connectivity index (χ3v) is 6.61. The Bertz CT molecular complexity index is 1120. The van der Waals surface area contributed by atoms with Crippen molar-refractivity contribution in [3.05, 3.63) is 62.0 Å². The Morgan fingerprint density at radius 1 is 1.21 bits per heavy atom. The van der Waals surface area contributed by atoms with E-state index in [0.29, 0.717) is 24.0 Å². The molecule has 0 aliphatic carbocycles. The van der Waals surface area contributed by atoms with Gasteiger partial charge in [-0.3, -0.25) is 4.79 Å². The van der Waals surface area contributed by atoms with Gasteiger partial charge in [0.05, 0.1) is 32.7 Å². The molecule has 4 nitrogen and oxygen atoms in total. The predicted molar refractivity (Wildman–Crippen MR) is 113 cm³/mol. The van der Waals surface area contributed by atoms with Crippen molar-refractivity contribution in [2.45, 2.75) is 10.5 Å². The highest BCUT2D eigenvalue weighted by molar-refractivity contribution is 8.01. The first kappa shape index (κ1) is 22.1. The molecule has 0 spiro atoms. The Kier molecular flexibility index (Phi) is 6.90. The lowest BCUT2D eigenvalue weighted by Crippen LogP contribution is -2.18. The number of hydrogen-bond acceptors (Lipinski definition) is 5. The van der Waals surface area contributed by atoms with Gasteiger partial charge in [-0.1, -0.05) is 58.4 Å². The van der Waals surface area contributed by atoms with Gasteiger partial charge in [-0.25, -0.2) is 4.68 Å². The Morgan fingerprint density at radius 3 is 2.62 bits per heavy atom. The van der Waals surface area contributed by atoms with Crippen molar-refractivity contribution in [3.63, 3.8) is 0 Å². The van der Waals surface area contributed by atoms with Gasteiger partial charge in [-0.05, 0) is 42.5 Å². The number of halogens is 5. The number of anilines is 1. The molecule has 0 aliphatic rings. The van der Waals surface area contributed by atoms with Crippen LogP contribution < -0.4 is 5.32 Å². The van der Waals surface area contributed by atoms with Crippen LogP contribution in [0.15, 0.2) is 46.8 Å². The van der Waals surface area contributed by atoms with Gasteiger partial charge in [0.15, 0.2) is 8.29 Å². The lowest BCUT2D eigenvalue weighted by atomic mass is 10.1. The highest BCUT2D eigenvalue weighted by atomic mass is 35.5. The molecule has 0 saturated carbocycles. The molecule has 3 rings (SSSR count). The molecule has 0 saturated heterocycles. The van der Waals surface area contributed by atoms with Gasteiger partial charge in [0, 0.05) is 0 Å². The molecule has 1 amide bonds. The van der Waals surface area contributed by atoms with E-state index < -0.39 is 17.6 Å². The summed E-state index contributed by atoms with van der Waals surface area (Å²) in [6.07, 6.45) is -4.56. The van der Waals surface area contributed by atoms with Crippen LogP contribution in [-0.2, 0) is 11.0 Å². The topological polar surface area (TPSA) is 46.9 Å². The van der Waals surface area contributed by atoms with Crippen LogP contribution >= 0.6 is 58.5 Å². The van der Waals surface area contributed by atoms with E-state index in [1.807, 2.05) is 0 Å². The van der Waals surface area contributed by atoms with E-state index in [1.54, 1.807) is 18.2 Å². The van der Waals surface area contributed by atoms with Gasteiger partial charge >= 0.3 is 6.18 Å². The minimum Gasteiger partial charge on any atom is -0.325 e. The van der Waals surface area contributed by atoms with Crippen molar-refractivity contribution in [2.75, 3.05) is 11.1 Å². The zero-order chi connectivity index (χ0) is 21.2. The van der Waals surface area contributed by atoms with Crippen LogP contribution in [0.4, 0.5) is 18.9 Å². The van der Waals surface area contributed by atoms with Crippen LogP contribution in [0.5, 0.6) is 0 Å². The van der Waals surface area contributed by atoms with Gasteiger partial charge in [-0.2, -0.15) is 13.2 Å². The predicted octanol–water partition coefficient (Wildman–Crippen LogP) is 6.72. The summed E-state index contributed by atoms with van der Waals surface area (Å²) < 4.78 is 41.4. The zero-order valence-electron chi connectivity index (χ0n) is 14.2. The SMILES string of the molecule is O=C(CSc1nn(-c2ccc(Cl)c(Cl)c2)c(=S)s1)Nc1ccccc1C(F)(F)F. The number of para-hydroxylation sites is 1. The van der Waals surface area contributed by atoms with Crippen LogP contribution in [0.1, 0.15) is 5.56 Å². The van der Waals surface area contributed by atoms with Crippen LogP contribution in [0.25, 0.3) is 5.69 Å². The molecule has 3 aromatic rings. The molecular weight excluding hydrogens is 486 g/mol. The number of amides is 1. The van der Waals surface area contributed by atoms with Gasteiger partial charge in [0.1, 0.15) is 0 Å². The lowest BCUT2D eigenvalue weighted by Gasteiger charge is -2.13. The highest BCUT2D eigenvalue weighted by Gasteiger charge is 2.33. The average Bonchev–Trinajstić information content (AvgIpc) is 3.02. The molecule has 152 valence electrons. The smallest absolute Gasteiger partial charge is 0.325 e. The molecule has 1 heterocycles. The maximum Gasteiger partial charge on any atom is 0.418 e. The molecular formula is C17H10Cl2F3N3OS3. The van der Waals surface area contributed by atoms with Gasteiger partial charge in [0.25, 0.3) is 0 Å². The first-order chi connectivity index (χ1) is 13.6. The quantitative estimate of drug-likeness (QED) is 0.315. The summed E-state index contributed by atoms with van der Waals surface area (Å²) in [5.41, 5.74) is -0.589. The fraction of sp³-hybridized carbons (Fsp3) is 0.118. The summed E-state index contributed by atoms with van der Waals surface area (Å²) in [6.45, 7) is 0. The van der Waals surface area contributed by atoms with E-state index in [4.69, 9.17) is 35.4 Å². The molecule has 1 N–H and O–H groups in total. The standard InChI is InChI=1S/C17H10Cl2F3N3OS3/c18-11-6-5-9(7-12(11)19)25-16(27)29-15(24-25)28-8-14(26)23-13-4-2-1-3-10(13)17(20,21)22/h1-7H,8H2,(H,23,26). The van der Waals surface area contributed by atoms with E-state index in [2.05, 4.69) is 10.4 Å². The number of nitrogens with zero attached hydrogens (tertiary/aromatic N) is 2. The fourth-order valence-electron chi connectivity index (χ4n) is 2.25. The number of carbonyl (C=O) groups is 1. The number of carbonyl (C=O) groups excluding carboxylic acids is 1. The maximum atomic E-state index is 13.0. The Labute approximate surface area is 186 Å². The molecule has 0 aliphatic heterocycles. The Hall–Kier alpha value is -1.59. The summed E-state index contributed by atoms with van der Waals surface area (Å²) in [7, 11) is 0. The number of hydrogen-bond donors (Lipinski definition) is 1. The maximum absolute atomic E-state index is 13.0. The second-order valence-corrected chi connectivity index (χ2v) is 9.18. The van der Waals surface area contributed by atoms with Crippen molar-refractivity contribution in [2.24, 2.45) is 0 Å². The van der Waals surface area contributed by atoms with Crippen LogP contribution in [0.3, 0.4) is 0 Å². The summed E-state index contributed by atoms with van der Waals surface area (Å²) in [4.78, 5) is 12.1. The van der Waals surface area contributed by atoms with Crippen LogP contribution in [-0.4, -0.2) is 21.4 Å². The van der Waals surface area contributed by atoms with Crippen molar-refractivity contribution >= 4 is 70.1 Å². The first-order valence-electron chi connectivity index (χ1n) is 7.79. The average molecular weight is 496 g/mol. The monoisotopic (exact) mass is 495 g/mol. The van der Waals surface area contributed by atoms with Crippen molar-refractivity contribution in [1.29, 1.82) is 0 Å². The van der Waals surface area contributed by atoms with E-state index in [0.717, 1.165) is 17.8 Å². The summed E-state index contributed by atoms with van der Waals surface area (Å²) in [5.74, 6) is -0.718. The van der Waals surface area contributed by atoms with Crippen molar-refractivity contribution in [3.8, 4) is 5.69 Å². The minimum absolute atomic E-state index is 0.129. The number of thioether (sulfide) groups is 1. The van der Waals surface area contributed by atoms with Gasteiger partial charge in [0.2, 0.25) is 5.91 Å². The van der Waals surface area contributed by atoms with Crippen LogP contribution in [0, 0.1) is 3.95 Å². The fourth-order valence-corrected chi connectivity index (χ4v) is 4.71. The molecule has 0 unspecified atom stereocenters. The molecule has 0 bridgehead atoms. The summed E-state index contributed by atoms with van der Waals surface area (Å²) in [5, 5.41) is 7.34. The Balaban J connectivity index is 1.69. The van der Waals surface area contributed by atoms with Gasteiger partial charge in [-0.15, -0.1) is 5.10 Å². The number of rotatable bonds is 5. The Morgan fingerprint density at radius 2 is 1.93 bits per heavy atom. The zero-order valence-corrected chi connectivity index (χ0v) is 18.1. The molecule has 2 aromatic carbocycles. The minimum atomic E-state index is -4.56. The second kappa shape index (κ2) is 9.05. The van der Waals surface area contributed by atoms with E-state index in [-0.39, 0.29) is 11.4 Å². The number of alkyl halides is 3.